The minimum atomic E-state index is -4.72. The molecule has 3 rings (SSSR count). The van der Waals surface area contributed by atoms with E-state index in [1.54, 1.807) is 6.07 Å². The Kier molecular flexibility index (Phi) is 9.28. The molecule has 0 unspecified atom stereocenters. The summed E-state index contributed by atoms with van der Waals surface area (Å²) in [7, 11) is -0.718. The van der Waals surface area contributed by atoms with E-state index in [4.69, 9.17) is 5.26 Å². The molecule has 8 nitrogen and oxygen atoms in total. The summed E-state index contributed by atoms with van der Waals surface area (Å²) in [6, 6.07) is 5.21. The summed E-state index contributed by atoms with van der Waals surface area (Å²) in [6.45, 7) is 7.25. The van der Waals surface area contributed by atoms with E-state index >= 15 is 0 Å². The lowest BCUT2D eigenvalue weighted by Crippen LogP contribution is -2.37. The molecule has 13 heteroatoms. The van der Waals surface area contributed by atoms with Gasteiger partial charge in [0.2, 0.25) is 0 Å². The first-order valence-corrected chi connectivity index (χ1v) is 13.4. The number of carbonyl (C=O) groups excluding carboxylic acids is 2. The molecular weight excluding hydrogens is 517 g/mol. The molecule has 1 aromatic heterocycles. The van der Waals surface area contributed by atoms with Gasteiger partial charge in [0.15, 0.2) is 16.1 Å². The number of nitriles is 1. The van der Waals surface area contributed by atoms with Crippen molar-refractivity contribution in [1.82, 2.24) is 4.90 Å². The summed E-state index contributed by atoms with van der Waals surface area (Å²) >= 11 is 1.22. The number of hydrogen-bond donors (Lipinski definition) is 2. The average molecular weight is 545 g/mol. The van der Waals surface area contributed by atoms with Gasteiger partial charge in [0.25, 0.3) is 0 Å². The molecule has 2 N–H and O–H groups in total. The number of sulfone groups is 1. The second-order valence-electron chi connectivity index (χ2n) is 9.17. The van der Waals surface area contributed by atoms with Crippen LogP contribution < -0.4 is 10.6 Å². The van der Waals surface area contributed by atoms with Crippen molar-refractivity contribution in [2.75, 3.05) is 42.3 Å². The van der Waals surface area contributed by atoms with Gasteiger partial charge < -0.3 is 10.2 Å². The number of nitrogens with zero attached hydrogens (tertiary/aromatic N) is 2. The van der Waals surface area contributed by atoms with Crippen LogP contribution in [-0.4, -0.2) is 57.3 Å². The largest absolute Gasteiger partial charge is 0.417 e. The molecule has 1 saturated heterocycles. The molecule has 196 valence electrons. The third-order valence-electron chi connectivity index (χ3n) is 5.13. The molecule has 0 atom stereocenters. The van der Waals surface area contributed by atoms with Crippen molar-refractivity contribution in [2.24, 2.45) is 0 Å². The molecule has 0 saturated carbocycles. The summed E-state index contributed by atoms with van der Waals surface area (Å²) < 4.78 is 60.5. The van der Waals surface area contributed by atoms with Crippen LogP contribution in [0.15, 0.2) is 24.3 Å². The number of amides is 2. The number of rotatable bonds is 3. The molecule has 0 aliphatic carbocycles. The quantitative estimate of drug-likeness (QED) is 0.539. The van der Waals surface area contributed by atoms with Crippen molar-refractivity contribution in [2.45, 2.75) is 32.4 Å². The Balaban J connectivity index is 0.000000425. The first-order valence-electron chi connectivity index (χ1n) is 10.7. The lowest BCUT2D eigenvalue weighted by molar-refractivity contribution is -0.137. The summed E-state index contributed by atoms with van der Waals surface area (Å²) in [5.41, 5.74) is -1.74. The van der Waals surface area contributed by atoms with E-state index < -0.39 is 33.2 Å². The first-order chi connectivity index (χ1) is 16.6. The molecular formula is C23H27F3N4O4S2. The summed E-state index contributed by atoms with van der Waals surface area (Å²) in [6.07, 6.45) is -4.12. The molecule has 1 fully saturated rings. The highest BCUT2D eigenvalue weighted by atomic mass is 32.2. The lowest BCUT2D eigenvalue weighted by atomic mass is 9.94. The predicted octanol–water partition coefficient (Wildman–Crippen LogP) is 4.74. The van der Waals surface area contributed by atoms with E-state index in [0.717, 1.165) is 10.9 Å². The molecule has 1 aromatic carbocycles. The number of benzene rings is 1. The fraction of sp³-hybridized carbons (Fsp3) is 0.435. The van der Waals surface area contributed by atoms with Crippen molar-refractivity contribution in [3.63, 3.8) is 0 Å². The van der Waals surface area contributed by atoms with Crippen molar-refractivity contribution < 1.29 is 31.2 Å². The van der Waals surface area contributed by atoms with Crippen molar-refractivity contribution in [3.8, 4) is 6.07 Å². The van der Waals surface area contributed by atoms with Crippen LogP contribution in [0.1, 0.15) is 47.1 Å². The number of nitrogens with one attached hydrogen (secondary N) is 2. The third-order valence-corrected chi connectivity index (χ3v) is 8.23. The van der Waals surface area contributed by atoms with Gasteiger partial charge in [-0.05, 0) is 36.7 Å². The first kappa shape index (κ1) is 29.3. The smallest absolute Gasteiger partial charge is 0.308 e. The van der Waals surface area contributed by atoms with Gasteiger partial charge in [-0.1, -0.05) is 20.8 Å². The fourth-order valence-electron chi connectivity index (χ4n) is 2.98. The molecule has 1 aliphatic rings. The van der Waals surface area contributed by atoms with Crippen molar-refractivity contribution in [3.05, 3.63) is 45.8 Å². The lowest BCUT2D eigenvalue weighted by Gasteiger charge is -2.21. The van der Waals surface area contributed by atoms with Crippen LogP contribution in [0.2, 0.25) is 0 Å². The molecule has 2 heterocycles. The number of aldehydes is 1. The highest BCUT2D eigenvalue weighted by Gasteiger charge is 2.34. The minimum Gasteiger partial charge on any atom is -0.308 e. The second kappa shape index (κ2) is 11.4. The minimum absolute atomic E-state index is 0.126. The third kappa shape index (κ3) is 8.32. The van der Waals surface area contributed by atoms with Gasteiger partial charge in [-0.25, -0.2) is 13.2 Å². The van der Waals surface area contributed by atoms with Crippen molar-refractivity contribution >= 4 is 44.2 Å². The van der Waals surface area contributed by atoms with E-state index in [9.17, 15) is 31.2 Å². The maximum Gasteiger partial charge on any atom is 0.417 e. The topological polar surface area (TPSA) is 119 Å². The van der Waals surface area contributed by atoms with Gasteiger partial charge in [0.1, 0.15) is 5.00 Å². The number of hydrogen-bond acceptors (Lipinski definition) is 7. The zero-order valence-corrected chi connectivity index (χ0v) is 21.8. The molecule has 2 aromatic rings. The van der Waals surface area contributed by atoms with Crippen LogP contribution in [0.5, 0.6) is 0 Å². The molecule has 36 heavy (non-hydrogen) atoms. The van der Waals surface area contributed by atoms with Gasteiger partial charge in [-0.2, -0.15) is 18.4 Å². The molecule has 1 aliphatic heterocycles. The second-order valence-corrected chi connectivity index (χ2v) is 12.5. The van der Waals surface area contributed by atoms with E-state index in [-0.39, 0.29) is 16.7 Å². The van der Waals surface area contributed by atoms with Crippen LogP contribution in [-0.2, 0) is 21.4 Å². The van der Waals surface area contributed by atoms with Gasteiger partial charge >= 0.3 is 12.2 Å². The summed E-state index contributed by atoms with van der Waals surface area (Å²) in [4.78, 5) is 26.3. The highest BCUT2D eigenvalue weighted by Crippen LogP contribution is 2.36. The van der Waals surface area contributed by atoms with E-state index in [0.29, 0.717) is 41.9 Å². The molecule has 0 spiro atoms. The Bertz CT molecular complexity index is 1250. The maximum atomic E-state index is 13.0. The van der Waals surface area contributed by atoms with Crippen LogP contribution in [0.3, 0.4) is 0 Å². The summed E-state index contributed by atoms with van der Waals surface area (Å²) in [5, 5.41) is 13.9. The number of thiophene rings is 1. The Labute approximate surface area is 212 Å². The number of anilines is 2. The van der Waals surface area contributed by atoms with E-state index in [1.165, 1.54) is 23.5 Å². The SMILES string of the molecule is CC(C)(C)c1cc(C=O)c(NC(=O)Nc2ccc(C#N)c(C(F)(F)F)c2)s1.CN1CCS(=O)(=O)CC1. The van der Waals surface area contributed by atoms with Crippen LogP contribution in [0, 0.1) is 11.3 Å². The Morgan fingerprint density at radius 1 is 1.14 bits per heavy atom. The van der Waals surface area contributed by atoms with Gasteiger partial charge in [-0.15, -0.1) is 11.3 Å². The van der Waals surface area contributed by atoms with E-state index in [1.807, 2.05) is 32.7 Å². The Morgan fingerprint density at radius 3 is 2.22 bits per heavy atom. The zero-order chi connectivity index (χ0) is 27.3. The molecule has 0 radical (unpaired) electrons. The standard InChI is InChI=1S/C18H16F3N3O2S.C5H11NO2S/c1-17(2,3)14-6-11(9-25)15(27-14)24-16(26)23-12-5-4-10(8-22)13(7-12)18(19,20)21;1-6-2-4-9(7,8)5-3-6/h4-7,9H,1-3H3,(H2,23,24,26);2-5H2,1H3. The Hall–Kier alpha value is -2.95. The van der Waals surface area contributed by atoms with Crippen LogP contribution in [0.4, 0.5) is 28.7 Å². The van der Waals surface area contributed by atoms with Crippen LogP contribution in [0.25, 0.3) is 0 Å². The van der Waals surface area contributed by atoms with Gasteiger partial charge in [-0.3, -0.25) is 10.1 Å². The summed E-state index contributed by atoms with van der Waals surface area (Å²) in [5.74, 6) is 0.674. The highest BCUT2D eigenvalue weighted by molar-refractivity contribution is 7.91. The van der Waals surface area contributed by atoms with Crippen LogP contribution >= 0.6 is 11.3 Å². The Morgan fingerprint density at radius 2 is 1.75 bits per heavy atom. The molecule has 2 amide bonds. The van der Waals surface area contributed by atoms with Gasteiger partial charge in [0.05, 0.1) is 28.7 Å². The number of alkyl halides is 3. The monoisotopic (exact) mass is 544 g/mol. The number of halogens is 3. The molecule has 0 bridgehead atoms. The normalized spacial score (nSPS) is 15.7. The van der Waals surface area contributed by atoms with Crippen molar-refractivity contribution in [1.29, 1.82) is 5.26 Å². The fourth-order valence-corrected chi connectivity index (χ4v) is 5.45. The average Bonchev–Trinajstić information content (AvgIpc) is 3.19. The van der Waals surface area contributed by atoms with Gasteiger partial charge in [0, 0.05) is 29.2 Å². The number of urea groups is 1. The van der Waals surface area contributed by atoms with E-state index in [2.05, 4.69) is 10.6 Å². The maximum absolute atomic E-state index is 13.0. The number of carbonyl (C=O) groups is 2. The predicted molar refractivity (Wildman–Crippen MR) is 133 cm³/mol. The zero-order valence-electron chi connectivity index (χ0n) is 20.2.